The van der Waals surface area contributed by atoms with Gasteiger partial charge in [-0.15, -0.1) is 0 Å². The molecule has 0 bridgehead atoms. The molecule has 3 aromatic rings. The van der Waals surface area contributed by atoms with E-state index >= 15 is 0 Å². The zero-order valence-electron chi connectivity index (χ0n) is 13.2. The molecule has 0 saturated carbocycles. The number of hydrogen-bond acceptors (Lipinski definition) is 5. The predicted molar refractivity (Wildman–Crippen MR) is 93.5 cm³/mol. The molecule has 1 saturated heterocycles. The van der Waals surface area contributed by atoms with Crippen molar-refractivity contribution in [3.8, 4) is 0 Å². The molecule has 116 valence electrons. The normalized spacial score (nSPS) is 15.8. The molecule has 2 N–H and O–H groups in total. The minimum Gasteiger partial charge on any atom is -0.340 e. The van der Waals surface area contributed by atoms with E-state index in [0.29, 0.717) is 5.92 Å². The number of fused-ring (bicyclic) bond motifs is 1. The number of nitrogens with one attached hydrogen (secondary N) is 2. The van der Waals surface area contributed by atoms with Crippen LogP contribution in [-0.4, -0.2) is 40.5 Å². The molecule has 4 heterocycles. The topological polar surface area (TPSA) is 67.1 Å². The Morgan fingerprint density at radius 3 is 2.78 bits per heavy atom. The highest BCUT2D eigenvalue weighted by atomic mass is 15.3. The maximum absolute atomic E-state index is 4.88. The van der Waals surface area contributed by atoms with Gasteiger partial charge < -0.3 is 10.6 Å². The largest absolute Gasteiger partial charge is 0.340 e. The third kappa shape index (κ3) is 2.79. The smallest absolute Gasteiger partial charge is 0.151 e. The Kier molecular flexibility index (Phi) is 3.71. The van der Waals surface area contributed by atoms with Crippen LogP contribution in [0.3, 0.4) is 0 Å². The standard InChI is InChI=1S/C16H19BN6/c17-13-10-20-23-15(21-12-3-7-19-8-4-12)9-14(22-16(13)23)11-1-5-18-6-2-11/h3-4,7-11,18H,1-2,5-6,17H2,(H,19,21). The SMILES string of the molecule is Bc1cnn2c(Nc3ccncc3)cc(C3CCNCC3)nc12. The van der Waals surface area contributed by atoms with Crippen LogP contribution in [-0.2, 0) is 0 Å². The van der Waals surface area contributed by atoms with Crippen LogP contribution in [0.25, 0.3) is 5.65 Å². The maximum Gasteiger partial charge on any atom is 0.151 e. The van der Waals surface area contributed by atoms with E-state index in [-0.39, 0.29) is 0 Å². The molecule has 0 spiro atoms. The Morgan fingerprint density at radius 2 is 2.00 bits per heavy atom. The van der Waals surface area contributed by atoms with Gasteiger partial charge in [0.1, 0.15) is 13.7 Å². The molecule has 7 heteroatoms. The fraction of sp³-hybridized carbons (Fsp3) is 0.312. The second-order valence-electron chi connectivity index (χ2n) is 6.01. The van der Waals surface area contributed by atoms with Gasteiger partial charge in [-0.05, 0) is 43.5 Å². The van der Waals surface area contributed by atoms with Gasteiger partial charge in [-0.2, -0.15) is 9.61 Å². The first-order chi connectivity index (χ1) is 11.3. The van der Waals surface area contributed by atoms with Crippen LogP contribution in [0.15, 0.2) is 36.8 Å². The number of nitrogens with zero attached hydrogens (tertiary/aromatic N) is 4. The molecule has 1 aliphatic rings. The summed E-state index contributed by atoms with van der Waals surface area (Å²) in [5.41, 5.74) is 4.17. The summed E-state index contributed by atoms with van der Waals surface area (Å²) in [5.74, 6) is 1.45. The van der Waals surface area contributed by atoms with Crippen LogP contribution in [0, 0.1) is 0 Å². The first kappa shape index (κ1) is 14.2. The van der Waals surface area contributed by atoms with Crippen molar-refractivity contribution in [3.63, 3.8) is 0 Å². The van der Waals surface area contributed by atoms with Crippen molar-refractivity contribution in [1.29, 1.82) is 0 Å². The lowest BCUT2D eigenvalue weighted by Crippen LogP contribution is -2.27. The van der Waals surface area contributed by atoms with E-state index in [1.54, 1.807) is 12.4 Å². The number of aromatic nitrogens is 4. The lowest BCUT2D eigenvalue weighted by molar-refractivity contribution is 0.453. The predicted octanol–water partition coefficient (Wildman–Crippen LogP) is 0.593. The Hall–Kier alpha value is -2.41. The number of piperidine rings is 1. The summed E-state index contributed by atoms with van der Waals surface area (Å²) < 4.78 is 1.88. The first-order valence-corrected chi connectivity index (χ1v) is 8.04. The van der Waals surface area contributed by atoms with Gasteiger partial charge in [0.05, 0.1) is 0 Å². The van der Waals surface area contributed by atoms with E-state index in [1.807, 2.05) is 22.8 Å². The lowest BCUT2D eigenvalue weighted by atomic mass is 9.94. The fourth-order valence-electron chi connectivity index (χ4n) is 3.09. The molecule has 1 aliphatic heterocycles. The molecule has 6 nitrogen and oxygen atoms in total. The van der Waals surface area contributed by atoms with E-state index in [9.17, 15) is 0 Å². The summed E-state index contributed by atoms with van der Waals surface area (Å²) in [4.78, 5) is 8.94. The van der Waals surface area contributed by atoms with E-state index in [0.717, 1.165) is 54.2 Å². The third-order valence-electron chi connectivity index (χ3n) is 4.38. The van der Waals surface area contributed by atoms with Gasteiger partial charge in [-0.1, -0.05) is 0 Å². The van der Waals surface area contributed by atoms with Crippen LogP contribution >= 0.6 is 0 Å². The quantitative estimate of drug-likeness (QED) is 0.694. The van der Waals surface area contributed by atoms with Crippen LogP contribution in [0.2, 0.25) is 0 Å². The summed E-state index contributed by atoms with van der Waals surface area (Å²) in [6.45, 7) is 2.12. The van der Waals surface area contributed by atoms with E-state index in [2.05, 4.69) is 34.6 Å². The molecular formula is C16H19BN6. The summed E-state index contributed by atoms with van der Waals surface area (Å²) in [5, 5.41) is 11.3. The van der Waals surface area contributed by atoms with Crippen LogP contribution in [0.4, 0.5) is 11.5 Å². The maximum atomic E-state index is 4.88. The van der Waals surface area contributed by atoms with Crippen molar-refractivity contribution < 1.29 is 0 Å². The molecule has 0 unspecified atom stereocenters. The molecule has 0 amide bonds. The van der Waals surface area contributed by atoms with Crippen molar-refractivity contribution >= 4 is 30.5 Å². The highest BCUT2D eigenvalue weighted by Gasteiger charge is 2.19. The average molecular weight is 306 g/mol. The molecule has 4 rings (SSSR count). The second-order valence-corrected chi connectivity index (χ2v) is 6.01. The van der Waals surface area contributed by atoms with Crippen LogP contribution in [0.5, 0.6) is 0 Å². The molecule has 23 heavy (non-hydrogen) atoms. The van der Waals surface area contributed by atoms with Gasteiger partial charge in [0.2, 0.25) is 0 Å². The Bertz CT molecular complexity index is 810. The summed E-state index contributed by atoms with van der Waals surface area (Å²) in [7, 11) is 2.05. The minimum absolute atomic E-state index is 0.508. The van der Waals surface area contributed by atoms with Gasteiger partial charge in [0, 0.05) is 42.0 Å². The van der Waals surface area contributed by atoms with Crippen LogP contribution < -0.4 is 16.1 Å². The van der Waals surface area contributed by atoms with Gasteiger partial charge in [-0.25, -0.2) is 4.98 Å². The highest BCUT2D eigenvalue weighted by Crippen LogP contribution is 2.27. The molecule has 0 atom stereocenters. The summed E-state index contributed by atoms with van der Waals surface area (Å²) >= 11 is 0. The second kappa shape index (κ2) is 6.00. The first-order valence-electron chi connectivity index (χ1n) is 8.04. The van der Waals surface area contributed by atoms with Crippen molar-refractivity contribution in [2.24, 2.45) is 0 Å². The minimum atomic E-state index is 0.508. The van der Waals surface area contributed by atoms with Gasteiger partial charge in [0.25, 0.3) is 0 Å². The van der Waals surface area contributed by atoms with Crippen molar-refractivity contribution in [3.05, 3.63) is 42.5 Å². The summed E-state index contributed by atoms with van der Waals surface area (Å²) in [6, 6.07) is 6.04. The van der Waals surface area contributed by atoms with E-state index in [1.165, 1.54) is 0 Å². The van der Waals surface area contributed by atoms with Gasteiger partial charge >= 0.3 is 0 Å². The van der Waals surface area contributed by atoms with Crippen LogP contribution in [0.1, 0.15) is 24.5 Å². The zero-order chi connectivity index (χ0) is 15.6. The third-order valence-corrected chi connectivity index (χ3v) is 4.38. The van der Waals surface area contributed by atoms with Gasteiger partial charge in [0.15, 0.2) is 5.65 Å². The number of rotatable bonds is 3. The monoisotopic (exact) mass is 306 g/mol. The molecule has 1 fully saturated rings. The van der Waals surface area contributed by atoms with Crippen molar-refractivity contribution in [2.75, 3.05) is 18.4 Å². The van der Waals surface area contributed by atoms with Crippen molar-refractivity contribution in [1.82, 2.24) is 24.9 Å². The fourth-order valence-corrected chi connectivity index (χ4v) is 3.09. The molecule has 0 aromatic carbocycles. The van der Waals surface area contributed by atoms with E-state index < -0.39 is 0 Å². The molecule has 3 aromatic heterocycles. The molecule has 0 radical (unpaired) electrons. The highest BCUT2D eigenvalue weighted by molar-refractivity contribution is 6.36. The Balaban J connectivity index is 1.78. The Morgan fingerprint density at radius 1 is 1.22 bits per heavy atom. The average Bonchev–Trinajstić information content (AvgIpc) is 2.98. The Labute approximate surface area is 135 Å². The van der Waals surface area contributed by atoms with Crippen molar-refractivity contribution in [2.45, 2.75) is 18.8 Å². The number of anilines is 2. The zero-order valence-corrected chi connectivity index (χ0v) is 13.2. The lowest BCUT2D eigenvalue weighted by Gasteiger charge is -2.23. The molecular weight excluding hydrogens is 287 g/mol. The van der Waals surface area contributed by atoms with E-state index in [4.69, 9.17) is 4.98 Å². The molecule has 0 aliphatic carbocycles. The van der Waals surface area contributed by atoms with Gasteiger partial charge in [-0.3, -0.25) is 4.98 Å². The number of pyridine rings is 1. The number of hydrogen-bond donors (Lipinski definition) is 2. The summed E-state index contributed by atoms with van der Waals surface area (Å²) in [6.07, 6.45) is 7.69.